The largest absolute Gasteiger partial charge is 0.489 e. The average molecular weight is 401 g/mol. The molecule has 4 rings (SSSR count). The fourth-order valence-electron chi connectivity index (χ4n) is 3.62. The van der Waals surface area contributed by atoms with Crippen molar-refractivity contribution in [1.29, 1.82) is 0 Å². The molecule has 0 spiro atoms. The highest BCUT2D eigenvalue weighted by Crippen LogP contribution is 2.32. The van der Waals surface area contributed by atoms with E-state index in [9.17, 15) is 4.79 Å². The van der Waals surface area contributed by atoms with Crippen molar-refractivity contribution in [2.75, 3.05) is 0 Å². The maximum Gasteiger partial charge on any atom is 0.307 e. The molecule has 0 saturated carbocycles. The fourth-order valence-corrected chi connectivity index (χ4v) is 3.62. The van der Waals surface area contributed by atoms with Crippen LogP contribution < -0.4 is 10.5 Å². The normalized spacial score (nSPS) is 11.0. The van der Waals surface area contributed by atoms with Gasteiger partial charge < -0.3 is 20.1 Å². The van der Waals surface area contributed by atoms with E-state index in [4.69, 9.17) is 15.6 Å². The van der Waals surface area contributed by atoms with Gasteiger partial charge in [-0.25, -0.2) is 0 Å². The predicted octanol–water partition coefficient (Wildman–Crippen LogP) is 3.91. The highest BCUT2D eigenvalue weighted by atomic mass is 16.5. The summed E-state index contributed by atoms with van der Waals surface area (Å²) in [6, 6.07) is 17.5. The van der Waals surface area contributed by atoms with E-state index in [1.165, 1.54) is 0 Å². The molecule has 152 valence electrons. The lowest BCUT2D eigenvalue weighted by Crippen LogP contribution is -2.04. The highest BCUT2D eigenvalue weighted by Gasteiger charge is 2.12. The molecule has 0 aliphatic carbocycles. The molecule has 0 unspecified atom stereocenters. The van der Waals surface area contributed by atoms with Crippen molar-refractivity contribution in [1.82, 2.24) is 9.55 Å². The monoisotopic (exact) mass is 401 g/mol. The number of nitrogens with two attached hydrogens (primary N) is 1. The first-order valence-electron chi connectivity index (χ1n) is 9.71. The zero-order valence-electron chi connectivity index (χ0n) is 16.7. The number of carboxylic acid groups (broad SMARTS) is 1. The lowest BCUT2D eigenvalue weighted by atomic mass is 9.99. The first-order valence-corrected chi connectivity index (χ1v) is 9.71. The van der Waals surface area contributed by atoms with Crippen LogP contribution in [0.15, 0.2) is 67.0 Å². The number of carbonyl (C=O) groups is 1. The lowest BCUT2D eigenvalue weighted by Gasteiger charge is -2.13. The van der Waals surface area contributed by atoms with Crippen LogP contribution in [0.3, 0.4) is 0 Å². The fraction of sp³-hybridized carbons (Fsp3) is 0.167. The number of aryl methyl sites for hydroxylation is 1. The molecule has 6 heteroatoms. The number of pyridine rings is 1. The van der Waals surface area contributed by atoms with E-state index in [1.807, 2.05) is 37.5 Å². The molecule has 0 aliphatic heterocycles. The van der Waals surface area contributed by atoms with Crippen LogP contribution >= 0.6 is 0 Å². The average Bonchev–Trinajstić information content (AvgIpc) is 3.13. The summed E-state index contributed by atoms with van der Waals surface area (Å²) in [4.78, 5) is 15.4. The Morgan fingerprint density at radius 3 is 2.80 bits per heavy atom. The lowest BCUT2D eigenvalue weighted by molar-refractivity contribution is -0.136. The van der Waals surface area contributed by atoms with Crippen LogP contribution in [0.4, 0.5) is 0 Å². The number of carboxylic acids is 1. The molecule has 0 atom stereocenters. The maximum atomic E-state index is 11.1. The van der Waals surface area contributed by atoms with Crippen LogP contribution in [0.2, 0.25) is 0 Å². The first-order chi connectivity index (χ1) is 14.5. The minimum absolute atomic E-state index is 0.0723. The SMILES string of the molecule is Cn1ccc2c(-c3ccnc(CN)c3)cc(COc3ccccc3CC(=O)O)cc21. The van der Waals surface area contributed by atoms with Crippen LogP contribution in [0.1, 0.15) is 16.8 Å². The molecular weight excluding hydrogens is 378 g/mol. The van der Waals surface area contributed by atoms with E-state index in [2.05, 4.69) is 27.8 Å². The van der Waals surface area contributed by atoms with Gasteiger partial charge in [0.1, 0.15) is 12.4 Å². The van der Waals surface area contributed by atoms with Crippen LogP contribution in [0, 0.1) is 0 Å². The summed E-state index contributed by atoms with van der Waals surface area (Å²) in [7, 11) is 2.01. The number of aromatic nitrogens is 2. The van der Waals surface area contributed by atoms with Gasteiger partial charge in [0.15, 0.2) is 0 Å². The number of rotatable bonds is 7. The Balaban J connectivity index is 1.71. The Morgan fingerprint density at radius 1 is 1.17 bits per heavy atom. The van der Waals surface area contributed by atoms with Crippen LogP contribution in [-0.2, 0) is 31.4 Å². The van der Waals surface area contributed by atoms with Crippen molar-refractivity contribution in [3.05, 3.63) is 83.8 Å². The summed E-state index contributed by atoms with van der Waals surface area (Å²) in [5.74, 6) is -0.297. The van der Waals surface area contributed by atoms with E-state index in [0.29, 0.717) is 24.5 Å². The van der Waals surface area contributed by atoms with Crippen molar-refractivity contribution >= 4 is 16.9 Å². The maximum absolute atomic E-state index is 11.1. The van der Waals surface area contributed by atoms with Crippen LogP contribution in [0.5, 0.6) is 5.75 Å². The van der Waals surface area contributed by atoms with Crippen LogP contribution in [0.25, 0.3) is 22.0 Å². The summed E-state index contributed by atoms with van der Waals surface area (Å²) in [6.45, 7) is 0.717. The molecule has 0 fully saturated rings. The van der Waals surface area contributed by atoms with Gasteiger partial charge in [-0.15, -0.1) is 0 Å². The molecule has 6 nitrogen and oxygen atoms in total. The second-order valence-electron chi connectivity index (χ2n) is 7.21. The standard InChI is InChI=1S/C24H23N3O3/c1-27-9-7-20-21(17-6-8-26-19(12-17)14-25)10-16(11-22(20)27)15-30-23-5-3-2-4-18(23)13-24(28)29/h2-12H,13-15,25H2,1H3,(H,28,29). The molecular formula is C24H23N3O3. The second kappa shape index (κ2) is 8.39. The second-order valence-corrected chi connectivity index (χ2v) is 7.21. The van der Waals surface area contributed by atoms with Gasteiger partial charge in [0.25, 0.3) is 0 Å². The molecule has 2 aromatic heterocycles. The van der Waals surface area contributed by atoms with Gasteiger partial charge >= 0.3 is 5.97 Å². The number of ether oxygens (including phenoxy) is 1. The Morgan fingerprint density at radius 2 is 2.00 bits per heavy atom. The molecule has 3 N–H and O–H groups in total. The van der Waals surface area contributed by atoms with Crippen molar-refractivity contribution in [2.45, 2.75) is 19.6 Å². The van der Waals surface area contributed by atoms with Gasteiger partial charge in [0, 0.05) is 42.5 Å². The third-order valence-corrected chi connectivity index (χ3v) is 5.11. The van der Waals surface area contributed by atoms with Gasteiger partial charge in [-0.2, -0.15) is 0 Å². The van der Waals surface area contributed by atoms with E-state index in [1.54, 1.807) is 18.3 Å². The summed E-state index contributed by atoms with van der Waals surface area (Å²) in [5, 5.41) is 10.3. The number of fused-ring (bicyclic) bond motifs is 1. The summed E-state index contributed by atoms with van der Waals surface area (Å²) in [6.07, 6.45) is 3.74. The highest BCUT2D eigenvalue weighted by molar-refractivity contribution is 5.96. The quantitative estimate of drug-likeness (QED) is 0.490. The Labute approximate surface area is 174 Å². The third-order valence-electron chi connectivity index (χ3n) is 5.11. The summed E-state index contributed by atoms with van der Waals surface area (Å²) >= 11 is 0. The van der Waals surface area contributed by atoms with E-state index >= 15 is 0 Å². The smallest absolute Gasteiger partial charge is 0.307 e. The zero-order chi connectivity index (χ0) is 21.1. The third kappa shape index (κ3) is 4.04. The van der Waals surface area contributed by atoms with Gasteiger partial charge in [-0.1, -0.05) is 18.2 Å². The van der Waals surface area contributed by atoms with Gasteiger partial charge in [-0.3, -0.25) is 9.78 Å². The number of nitrogens with zero attached hydrogens (tertiary/aromatic N) is 2. The number of hydrogen-bond donors (Lipinski definition) is 2. The number of hydrogen-bond acceptors (Lipinski definition) is 4. The van der Waals surface area contributed by atoms with E-state index in [-0.39, 0.29) is 6.42 Å². The molecule has 0 bridgehead atoms. The molecule has 0 aliphatic rings. The summed E-state index contributed by atoms with van der Waals surface area (Å²) < 4.78 is 8.10. The molecule has 30 heavy (non-hydrogen) atoms. The molecule has 4 aromatic rings. The Bertz CT molecular complexity index is 1210. The van der Waals surface area contributed by atoms with Crippen molar-refractivity contribution in [2.24, 2.45) is 12.8 Å². The molecule has 2 aromatic carbocycles. The van der Waals surface area contributed by atoms with Crippen molar-refractivity contribution in [3.63, 3.8) is 0 Å². The topological polar surface area (TPSA) is 90.4 Å². The van der Waals surface area contributed by atoms with Crippen LogP contribution in [-0.4, -0.2) is 20.6 Å². The first kappa shape index (κ1) is 19.7. The van der Waals surface area contributed by atoms with E-state index < -0.39 is 5.97 Å². The van der Waals surface area contributed by atoms with Gasteiger partial charge in [0.05, 0.1) is 12.1 Å². The summed E-state index contributed by atoms with van der Waals surface area (Å²) in [5.41, 5.74) is 11.5. The molecule has 0 amide bonds. The van der Waals surface area contributed by atoms with Gasteiger partial charge in [-0.05, 0) is 53.1 Å². The minimum Gasteiger partial charge on any atom is -0.489 e. The Kier molecular flexibility index (Phi) is 5.50. The van der Waals surface area contributed by atoms with E-state index in [0.717, 1.165) is 33.3 Å². The predicted molar refractivity (Wildman–Crippen MR) is 116 cm³/mol. The molecule has 0 saturated heterocycles. The molecule has 0 radical (unpaired) electrons. The number of benzene rings is 2. The minimum atomic E-state index is -0.882. The number of para-hydroxylation sites is 1. The van der Waals surface area contributed by atoms with Crippen molar-refractivity contribution in [3.8, 4) is 16.9 Å². The Hall–Kier alpha value is -3.64. The van der Waals surface area contributed by atoms with Gasteiger partial charge in [0.2, 0.25) is 0 Å². The zero-order valence-corrected chi connectivity index (χ0v) is 16.7. The molecule has 2 heterocycles. The number of aliphatic carboxylic acids is 1. The van der Waals surface area contributed by atoms with Crippen molar-refractivity contribution < 1.29 is 14.6 Å².